The lowest BCUT2D eigenvalue weighted by Crippen LogP contribution is -2.41. The number of carbonyl (C=O) groups is 2. The third-order valence-corrected chi connectivity index (χ3v) is 6.89. The first-order chi connectivity index (χ1) is 17.8. The third kappa shape index (κ3) is 5.02. The predicted octanol–water partition coefficient (Wildman–Crippen LogP) is 5.17. The van der Waals surface area contributed by atoms with Crippen LogP contribution in [0.5, 0.6) is 5.75 Å². The van der Waals surface area contributed by atoms with Crippen molar-refractivity contribution in [3.05, 3.63) is 93.9 Å². The van der Waals surface area contributed by atoms with Crippen LogP contribution in [0.4, 0.5) is 4.39 Å². The molecular formula is C28H25ClFN3O4. The first-order valence-corrected chi connectivity index (χ1v) is 12.3. The van der Waals surface area contributed by atoms with Gasteiger partial charge in [0.25, 0.3) is 0 Å². The Morgan fingerprint density at radius 2 is 1.95 bits per heavy atom. The average molecular weight is 522 g/mol. The van der Waals surface area contributed by atoms with Gasteiger partial charge in [-0.15, -0.1) is 0 Å². The van der Waals surface area contributed by atoms with E-state index in [0.717, 1.165) is 27.7 Å². The van der Waals surface area contributed by atoms with Crippen molar-refractivity contribution < 1.29 is 23.8 Å². The molecule has 0 unspecified atom stereocenters. The Morgan fingerprint density at radius 1 is 1.14 bits per heavy atom. The number of fused-ring (bicyclic) bond motifs is 2. The number of nitrogens with zero attached hydrogens (tertiary/aromatic N) is 3. The highest BCUT2D eigenvalue weighted by Gasteiger charge is 2.34. The molecule has 1 aromatic heterocycles. The molecule has 1 aliphatic heterocycles. The molecule has 4 aromatic rings. The summed E-state index contributed by atoms with van der Waals surface area (Å²) in [6.45, 7) is 2.15. The Labute approximate surface area is 218 Å². The van der Waals surface area contributed by atoms with Crippen molar-refractivity contribution >= 4 is 34.4 Å². The Balaban J connectivity index is 1.50. The van der Waals surface area contributed by atoms with Gasteiger partial charge < -0.3 is 14.7 Å². The number of para-hydroxylation sites is 1. The Hall–Kier alpha value is -3.91. The zero-order valence-electron chi connectivity index (χ0n) is 20.2. The number of carboxylic acid groups (broad SMARTS) is 1. The van der Waals surface area contributed by atoms with Gasteiger partial charge in [-0.1, -0.05) is 35.9 Å². The van der Waals surface area contributed by atoms with E-state index >= 15 is 0 Å². The molecule has 3 aromatic carbocycles. The second kappa shape index (κ2) is 10.2. The van der Waals surface area contributed by atoms with Gasteiger partial charge in [0.05, 0.1) is 23.8 Å². The normalized spacial score (nSPS) is 15.0. The fourth-order valence-corrected chi connectivity index (χ4v) is 5.19. The zero-order chi connectivity index (χ0) is 26.1. The number of benzene rings is 3. The maximum Gasteiger partial charge on any atom is 0.341 e. The lowest BCUT2D eigenvalue weighted by Gasteiger charge is -2.38. The van der Waals surface area contributed by atoms with Gasteiger partial charge in [0.2, 0.25) is 5.91 Å². The lowest BCUT2D eigenvalue weighted by atomic mass is 9.87. The highest BCUT2D eigenvalue weighted by atomic mass is 35.5. The average Bonchev–Trinajstić information content (AvgIpc) is 3.21. The Morgan fingerprint density at radius 3 is 2.76 bits per heavy atom. The monoisotopic (exact) mass is 521 g/mol. The predicted molar refractivity (Wildman–Crippen MR) is 137 cm³/mol. The van der Waals surface area contributed by atoms with Gasteiger partial charge in [0, 0.05) is 28.9 Å². The number of aromatic nitrogens is 2. The Bertz CT molecular complexity index is 1500. The molecule has 0 saturated heterocycles. The van der Waals surface area contributed by atoms with E-state index in [1.807, 2.05) is 35.9 Å². The standard InChI is InChI=1S/C28H25ClFN3O4/c1-17-21-4-2-3-5-24(21)33(31-17)13-11-26(34)32-12-10-18-14-20(30)7-8-22(18)28(32)23-15-19(29)6-9-25(23)37-16-27(35)36/h2-9,14-15,28H,10-13,16H2,1H3,(H,35,36)/t28-/m0/s1. The largest absolute Gasteiger partial charge is 0.482 e. The van der Waals surface area contributed by atoms with E-state index in [4.69, 9.17) is 21.4 Å². The molecule has 0 bridgehead atoms. The molecule has 190 valence electrons. The number of aryl methyl sites for hydroxylation is 2. The van der Waals surface area contributed by atoms with Crippen LogP contribution in [0.1, 0.15) is 34.8 Å². The van der Waals surface area contributed by atoms with Crippen molar-refractivity contribution in [2.45, 2.75) is 32.4 Å². The molecule has 5 rings (SSSR count). The van der Waals surface area contributed by atoms with Crippen LogP contribution in [0.15, 0.2) is 60.7 Å². The molecule has 0 aliphatic carbocycles. The van der Waals surface area contributed by atoms with Gasteiger partial charge in [-0.25, -0.2) is 9.18 Å². The maximum absolute atomic E-state index is 14.1. The molecule has 1 amide bonds. The second-order valence-electron chi connectivity index (χ2n) is 9.02. The molecule has 1 atom stereocenters. The molecule has 37 heavy (non-hydrogen) atoms. The number of aliphatic carboxylic acids is 1. The number of hydrogen-bond donors (Lipinski definition) is 1. The molecule has 1 N–H and O–H groups in total. The highest BCUT2D eigenvalue weighted by molar-refractivity contribution is 6.30. The summed E-state index contributed by atoms with van der Waals surface area (Å²) >= 11 is 6.33. The highest BCUT2D eigenvalue weighted by Crippen LogP contribution is 2.41. The van der Waals surface area contributed by atoms with E-state index < -0.39 is 18.6 Å². The number of halogens is 2. The van der Waals surface area contributed by atoms with Crippen LogP contribution in [0.2, 0.25) is 5.02 Å². The number of ether oxygens (including phenoxy) is 1. The van der Waals surface area contributed by atoms with Crippen LogP contribution in [0.3, 0.4) is 0 Å². The summed E-state index contributed by atoms with van der Waals surface area (Å²) in [7, 11) is 0. The van der Waals surface area contributed by atoms with Crippen LogP contribution in [-0.2, 0) is 22.6 Å². The quantitative estimate of drug-likeness (QED) is 0.363. The van der Waals surface area contributed by atoms with Crippen LogP contribution >= 0.6 is 11.6 Å². The molecule has 1 aliphatic rings. The van der Waals surface area contributed by atoms with Gasteiger partial charge in [0.1, 0.15) is 11.6 Å². The summed E-state index contributed by atoms with van der Waals surface area (Å²) in [5.74, 6) is -1.28. The van der Waals surface area contributed by atoms with Crippen LogP contribution < -0.4 is 4.74 Å². The molecule has 0 radical (unpaired) electrons. The second-order valence-corrected chi connectivity index (χ2v) is 9.46. The van der Waals surface area contributed by atoms with Crippen molar-refractivity contribution in [3.8, 4) is 5.75 Å². The minimum Gasteiger partial charge on any atom is -0.482 e. The van der Waals surface area contributed by atoms with E-state index in [2.05, 4.69) is 5.10 Å². The van der Waals surface area contributed by atoms with E-state index in [1.165, 1.54) is 12.1 Å². The van der Waals surface area contributed by atoms with Crippen molar-refractivity contribution in [1.82, 2.24) is 14.7 Å². The van der Waals surface area contributed by atoms with Gasteiger partial charge in [-0.3, -0.25) is 9.48 Å². The summed E-state index contributed by atoms with van der Waals surface area (Å²) < 4.78 is 21.5. The van der Waals surface area contributed by atoms with E-state index in [9.17, 15) is 14.0 Å². The molecule has 9 heteroatoms. The van der Waals surface area contributed by atoms with E-state index in [1.54, 1.807) is 29.2 Å². The van der Waals surface area contributed by atoms with Crippen LogP contribution in [0.25, 0.3) is 10.9 Å². The summed E-state index contributed by atoms with van der Waals surface area (Å²) in [4.78, 5) is 26.6. The summed E-state index contributed by atoms with van der Waals surface area (Å²) in [6.07, 6.45) is 0.690. The fraction of sp³-hybridized carbons (Fsp3) is 0.250. The molecule has 0 saturated carbocycles. The number of rotatable bonds is 7. The number of amides is 1. The minimum atomic E-state index is -1.12. The van der Waals surface area contributed by atoms with Gasteiger partial charge in [-0.2, -0.15) is 5.10 Å². The molecule has 0 spiro atoms. The topological polar surface area (TPSA) is 84.7 Å². The first kappa shape index (κ1) is 24.8. The lowest BCUT2D eigenvalue weighted by molar-refractivity contribution is -0.139. The smallest absolute Gasteiger partial charge is 0.341 e. The van der Waals surface area contributed by atoms with Gasteiger partial charge in [-0.05, 0) is 60.9 Å². The van der Waals surface area contributed by atoms with E-state index in [0.29, 0.717) is 35.8 Å². The summed E-state index contributed by atoms with van der Waals surface area (Å²) in [6, 6.07) is 16.6. The number of carboxylic acids is 1. The zero-order valence-corrected chi connectivity index (χ0v) is 20.9. The maximum atomic E-state index is 14.1. The first-order valence-electron chi connectivity index (χ1n) is 12.0. The van der Waals surface area contributed by atoms with Gasteiger partial charge in [0.15, 0.2) is 6.61 Å². The number of carbonyl (C=O) groups excluding carboxylic acids is 1. The minimum absolute atomic E-state index is 0.110. The SMILES string of the molecule is Cc1nn(CCC(=O)N2CCc3cc(F)ccc3[C@H]2c2cc(Cl)ccc2OCC(=O)O)c2ccccc12. The summed E-state index contributed by atoms with van der Waals surface area (Å²) in [5, 5.41) is 15.2. The fourth-order valence-electron chi connectivity index (χ4n) is 5.01. The number of hydrogen-bond acceptors (Lipinski definition) is 4. The van der Waals surface area contributed by atoms with Crippen molar-refractivity contribution in [1.29, 1.82) is 0 Å². The van der Waals surface area contributed by atoms with Crippen molar-refractivity contribution in [2.75, 3.05) is 13.2 Å². The van der Waals surface area contributed by atoms with Crippen molar-refractivity contribution in [2.24, 2.45) is 0 Å². The van der Waals surface area contributed by atoms with Crippen LogP contribution in [-0.4, -0.2) is 44.8 Å². The molecule has 7 nitrogen and oxygen atoms in total. The van der Waals surface area contributed by atoms with Gasteiger partial charge >= 0.3 is 5.97 Å². The molecule has 2 heterocycles. The van der Waals surface area contributed by atoms with Crippen molar-refractivity contribution in [3.63, 3.8) is 0 Å². The van der Waals surface area contributed by atoms with E-state index in [-0.39, 0.29) is 18.1 Å². The summed E-state index contributed by atoms with van der Waals surface area (Å²) in [5.41, 5.74) is 3.95. The Kier molecular flexibility index (Phi) is 6.84. The molecular weight excluding hydrogens is 497 g/mol. The van der Waals surface area contributed by atoms with Crippen LogP contribution in [0, 0.1) is 12.7 Å². The molecule has 0 fully saturated rings. The third-order valence-electron chi connectivity index (χ3n) is 6.65.